The van der Waals surface area contributed by atoms with Gasteiger partial charge in [0.2, 0.25) is 6.98 Å². The molecule has 2 aromatic carbocycles. The number of ether oxygens (including phenoxy) is 1. The molecule has 0 aromatic heterocycles. The van der Waals surface area contributed by atoms with Crippen molar-refractivity contribution in [3.63, 3.8) is 0 Å². The van der Waals surface area contributed by atoms with Crippen molar-refractivity contribution in [3.05, 3.63) is 59.9 Å². The fraction of sp³-hybridized carbons (Fsp3) is 0.222. The summed E-state index contributed by atoms with van der Waals surface area (Å²) in [5.74, 6) is -0.0467. The van der Waals surface area contributed by atoms with Gasteiger partial charge < -0.3 is 4.74 Å². The van der Waals surface area contributed by atoms with Crippen LogP contribution in [0.5, 0.6) is 5.75 Å². The highest BCUT2D eigenvalue weighted by Gasteiger charge is 2.45. The van der Waals surface area contributed by atoms with E-state index in [1.165, 1.54) is 18.2 Å². The predicted molar refractivity (Wildman–Crippen MR) is 99.3 cm³/mol. The third-order valence-electron chi connectivity index (χ3n) is 4.16. The Hall–Kier alpha value is -1.98. The maximum Gasteiger partial charge on any atom is 0.222 e. The van der Waals surface area contributed by atoms with Crippen LogP contribution < -0.4 is 15.1 Å². The Morgan fingerprint density at radius 2 is 2.12 bits per heavy atom. The van der Waals surface area contributed by atoms with Crippen molar-refractivity contribution in [3.8, 4) is 11.8 Å². The van der Waals surface area contributed by atoms with E-state index in [2.05, 4.69) is 17.5 Å². The molecule has 25 heavy (non-hydrogen) atoms. The van der Waals surface area contributed by atoms with Gasteiger partial charge in [-0.2, -0.15) is 5.26 Å². The van der Waals surface area contributed by atoms with Crippen molar-refractivity contribution in [2.75, 3.05) is 0 Å². The van der Waals surface area contributed by atoms with Gasteiger partial charge in [-0.3, -0.25) is 4.57 Å². The Bertz CT molecular complexity index is 898. The van der Waals surface area contributed by atoms with Crippen LogP contribution in [0.3, 0.4) is 0 Å². The van der Waals surface area contributed by atoms with Crippen LogP contribution in [0.25, 0.3) is 0 Å². The van der Waals surface area contributed by atoms with E-state index in [4.69, 9.17) is 4.74 Å². The molecule has 0 spiro atoms. The molecule has 128 valence electrons. The number of hydrogen-bond donors (Lipinski definition) is 1. The first-order chi connectivity index (χ1) is 11.9. The summed E-state index contributed by atoms with van der Waals surface area (Å²) < 4.78 is 33.1. The summed E-state index contributed by atoms with van der Waals surface area (Å²) in [6.45, 7) is -1.36. The van der Waals surface area contributed by atoms with Gasteiger partial charge in [-0.05, 0) is 45.1 Å². The van der Waals surface area contributed by atoms with E-state index < -0.39 is 18.3 Å². The quantitative estimate of drug-likeness (QED) is 0.815. The van der Waals surface area contributed by atoms with Crippen LogP contribution in [0.1, 0.15) is 18.9 Å². The van der Waals surface area contributed by atoms with E-state index in [1.807, 2.05) is 13.0 Å². The van der Waals surface area contributed by atoms with Crippen molar-refractivity contribution in [2.45, 2.75) is 25.0 Å². The summed E-state index contributed by atoms with van der Waals surface area (Å²) in [6.07, 6.45) is 3.76. The Balaban J connectivity index is 2.14. The summed E-state index contributed by atoms with van der Waals surface area (Å²) in [7, 11) is 0.372. The number of nitrogens with zero attached hydrogens (tertiary/aromatic N) is 1. The molecule has 0 aliphatic carbocycles. The van der Waals surface area contributed by atoms with E-state index >= 15 is 0 Å². The van der Waals surface area contributed by atoms with Gasteiger partial charge >= 0.3 is 0 Å². The molecule has 1 aliphatic rings. The summed E-state index contributed by atoms with van der Waals surface area (Å²) in [4.78, 5) is 0. The minimum atomic E-state index is -3.19. The first kappa shape index (κ1) is 17.8. The van der Waals surface area contributed by atoms with Crippen LogP contribution >= 0.6 is 14.9 Å². The zero-order valence-electron chi connectivity index (χ0n) is 13.6. The van der Waals surface area contributed by atoms with E-state index in [0.717, 1.165) is 0 Å². The van der Waals surface area contributed by atoms with E-state index in [1.54, 1.807) is 24.3 Å². The Morgan fingerprint density at radius 3 is 2.76 bits per heavy atom. The molecular weight excluding hydrogens is 357 g/mol. The fourth-order valence-corrected chi connectivity index (χ4v) is 6.38. The third kappa shape index (κ3) is 3.26. The summed E-state index contributed by atoms with van der Waals surface area (Å²) in [6, 6.07) is 15.2. The summed E-state index contributed by atoms with van der Waals surface area (Å²) in [5, 5.41) is 13.6. The number of halogens is 1. The molecule has 2 aromatic rings. The third-order valence-corrected chi connectivity index (χ3v) is 8.43. The summed E-state index contributed by atoms with van der Waals surface area (Å²) in [5.41, 5.74) is -0.946. The Kier molecular flexibility index (Phi) is 4.80. The highest BCUT2D eigenvalue weighted by Crippen LogP contribution is 2.57. The normalized spacial score (nSPS) is 24.6. The van der Waals surface area contributed by atoms with Gasteiger partial charge in [-0.25, -0.2) is 9.48 Å². The molecule has 0 fully saturated rings. The lowest BCUT2D eigenvalue weighted by Gasteiger charge is -2.38. The van der Waals surface area contributed by atoms with Gasteiger partial charge in [0.25, 0.3) is 0 Å². The van der Waals surface area contributed by atoms with Gasteiger partial charge in [0.1, 0.15) is 17.1 Å². The number of benzene rings is 2. The molecule has 0 amide bonds. The number of fused-ring (bicyclic) bond motifs is 1. The molecule has 3 atom stereocenters. The van der Waals surface area contributed by atoms with Gasteiger partial charge in [0.15, 0.2) is 0 Å². The number of nitriles is 1. The molecule has 1 aliphatic heterocycles. The SMILES string of the molecule is C=PP(=O)(NC1(C#N)CC(C)Oc2ccc(F)cc21)c1ccccc1. The zero-order chi connectivity index (χ0) is 18.1. The van der Waals surface area contributed by atoms with Gasteiger partial charge in [0, 0.05) is 17.3 Å². The zero-order valence-corrected chi connectivity index (χ0v) is 15.4. The average Bonchev–Trinajstić information content (AvgIpc) is 2.63. The van der Waals surface area contributed by atoms with Crippen molar-refractivity contribution >= 4 is 26.5 Å². The molecule has 7 heteroatoms. The molecule has 0 saturated carbocycles. The largest absolute Gasteiger partial charge is 0.490 e. The highest BCUT2D eigenvalue weighted by molar-refractivity contribution is 8.26. The number of nitrogens with one attached hydrogen (secondary N) is 1. The van der Waals surface area contributed by atoms with Crippen LogP contribution in [0.15, 0.2) is 48.5 Å². The lowest BCUT2D eigenvalue weighted by Crippen LogP contribution is -2.46. The molecule has 1 heterocycles. The first-order valence-corrected chi connectivity index (χ1v) is 11.2. The smallest absolute Gasteiger partial charge is 0.222 e. The van der Waals surface area contributed by atoms with E-state index in [-0.39, 0.29) is 12.5 Å². The molecule has 4 nitrogen and oxygen atoms in total. The maximum atomic E-state index is 13.8. The minimum absolute atomic E-state index is 0.256. The molecule has 0 bridgehead atoms. The maximum absolute atomic E-state index is 13.8. The second-order valence-corrected chi connectivity index (χ2v) is 10.7. The average molecular weight is 374 g/mol. The molecular formula is C18H17FN2O2P2. The lowest BCUT2D eigenvalue weighted by molar-refractivity contribution is 0.152. The van der Waals surface area contributed by atoms with E-state index in [0.29, 0.717) is 24.5 Å². The molecule has 3 unspecified atom stereocenters. The Labute approximate surface area is 147 Å². The standard InChI is InChI=1S/C18H17FN2O2P2/c1-13-11-18(12-20,16-10-14(19)8-9-17(16)23-13)21-25(22,24-2)15-6-4-3-5-7-15/h3-10,13H,2,11H2,1H3,(H,21,22). The molecule has 3 rings (SSSR count). The number of hydrogen-bond acceptors (Lipinski definition) is 3. The number of rotatable bonds is 4. The highest BCUT2D eigenvalue weighted by atomic mass is 32.1. The van der Waals surface area contributed by atoms with Crippen molar-refractivity contribution in [1.82, 2.24) is 5.09 Å². The Morgan fingerprint density at radius 1 is 1.40 bits per heavy atom. The van der Waals surface area contributed by atoms with Crippen molar-refractivity contribution < 1.29 is 13.7 Å². The van der Waals surface area contributed by atoms with Crippen molar-refractivity contribution in [1.29, 1.82) is 5.26 Å². The van der Waals surface area contributed by atoms with Crippen LogP contribution in [-0.2, 0) is 10.1 Å². The van der Waals surface area contributed by atoms with Crippen molar-refractivity contribution in [2.24, 2.45) is 0 Å². The molecule has 1 N–H and O–H groups in total. The van der Waals surface area contributed by atoms with E-state index in [9.17, 15) is 14.2 Å². The van der Waals surface area contributed by atoms with Crippen LogP contribution in [0, 0.1) is 17.1 Å². The lowest BCUT2D eigenvalue weighted by atomic mass is 9.84. The van der Waals surface area contributed by atoms with Gasteiger partial charge in [0.05, 0.1) is 12.2 Å². The van der Waals surface area contributed by atoms with Gasteiger partial charge in [-0.1, -0.05) is 24.5 Å². The monoisotopic (exact) mass is 374 g/mol. The first-order valence-electron chi connectivity index (χ1n) is 7.74. The van der Waals surface area contributed by atoms with Gasteiger partial charge in [-0.15, -0.1) is 0 Å². The summed E-state index contributed by atoms with van der Waals surface area (Å²) >= 11 is 0. The predicted octanol–water partition coefficient (Wildman–Crippen LogP) is 4.20. The van der Waals surface area contributed by atoms with Crippen LogP contribution in [0.2, 0.25) is 0 Å². The van der Waals surface area contributed by atoms with Crippen LogP contribution in [-0.4, -0.2) is 12.4 Å². The fourth-order valence-electron chi connectivity index (χ4n) is 3.05. The topological polar surface area (TPSA) is 62.1 Å². The molecule has 0 saturated heterocycles. The minimum Gasteiger partial charge on any atom is -0.490 e. The second-order valence-electron chi connectivity index (χ2n) is 5.96. The van der Waals surface area contributed by atoms with Crippen LogP contribution in [0.4, 0.5) is 4.39 Å². The molecule has 0 radical (unpaired) electrons. The second kappa shape index (κ2) is 6.73.